The molecule has 0 aliphatic carbocycles. The largest absolute Gasteiger partial charge is 0.460 e. The number of hydrogen-bond acceptors (Lipinski definition) is 6. The van der Waals surface area contributed by atoms with Gasteiger partial charge in [-0.1, -0.05) is 6.07 Å². The number of carbonyl (C=O) groups excluding carboxylic acids is 2. The molecular formula is C17H18N6O3. The minimum atomic E-state index is -0.570. The Balaban J connectivity index is 1.76. The van der Waals surface area contributed by atoms with E-state index < -0.39 is 5.97 Å². The van der Waals surface area contributed by atoms with E-state index in [4.69, 9.17) is 4.74 Å². The molecule has 134 valence electrons. The van der Waals surface area contributed by atoms with E-state index in [2.05, 4.69) is 20.4 Å². The third-order valence-electron chi connectivity index (χ3n) is 3.45. The average molecular weight is 354 g/mol. The van der Waals surface area contributed by atoms with Crippen molar-refractivity contribution in [2.75, 3.05) is 11.9 Å². The maximum atomic E-state index is 12.4. The van der Waals surface area contributed by atoms with Gasteiger partial charge in [0.1, 0.15) is 12.4 Å². The molecule has 1 amide bonds. The number of aryl methyl sites for hydroxylation is 1. The molecule has 3 aromatic rings. The van der Waals surface area contributed by atoms with Gasteiger partial charge in [0.2, 0.25) is 11.7 Å². The van der Waals surface area contributed by atoms with E-state index in [0.717, 1.165) is 5.69 Å². The summed E-state index contributed by atoms with van der Waals surface area (Å²) in [4.78, 5) is 32.5. The molecule has 0 unspecified atom stereocenters. The van der Waals surface area contributed by atoms with E-state index in [0.29, 0.717) is 11.6 Å². The second-order valence-electron chi connectivity index (χ2n) is 5.42. The van der Waals surface area contributed by atoms with Crippen molar-refractivity contribution in [1.29, 1.82) is 0 Å². The Morgan fingerprint density at radius 3 is 2.81 bits per heavy atom. The molecule has 0 radical (unpaired) electrons. The van der Waals surface area contributed by atoms with Crippen LogP contribution in [-0.4, -0.2) is 42.8 Å². The standard InChI is InChI=1S/C17H18N6O3/c1-3-26-17(25)16-19-8-9-22(16)11-15(24)20-14-10-12(2)21-23(14)13-6-4-5-7-18-13/h4-10H,3,11H2,1-2H3,(H,20,24). The number of anilines is 1. The highest BCUT2D eigenvalue weighted by atomic mass is 16.5. The average Bonchev–Trinajstić information content (AvgIpc) is 3.22. The Kier molecular flexibility index (Phi) is 5.07. The van der Waals surface area contributed by atoms with Crippen molar-refractivity contribution in [2.45, 2.75) is 20.4 Å². The van der Waals surface area contributed by atoms with Crippen LogP contribution in [0.25, 0.3) is 5.82 Å². The van der Waals surface area contributed by atoms with Gasteiger partial charge in [-0.2, -0.15) is 9.78 Å². The molecule has 0 saturated heterocycles. The van der Waals surface area contributed by atoms with Crippen LogP contribution in [-0.2, 0) is 16.1 Å². The summed E-state index contributed by atoms with van der Waals surface area (Å²) in [5.74, 6) is 0.261. The van der Waals surface area contributed by atoms with Crippen molar-refractivity contribution >= 4 is 17.7 Å². The van der Waals surface area contributed by atoms with Crippen LogP contribution >= 0.6 is 0 Å². The lowest BCUT2D eigenvalue weighted by Gasteiger charge is -2.10. The first-order chi connectivity index (χ1) is 12.6. The first-order valence-corrected chi connectivity index (χ1v) is 8.04. The predicted molar refractivity (Wildman–Crippen MR) is 92.9 cm³/mol. The Hall–Kier alpha value is -3.49. The zero-order valence-corrected chi connectivity index (χ0v) is 14.4. The molecule has 3 heterocycles. The van der Waals surface area contributed by atoms with Crippen LogP contribution in [0.15, 0.2) is 42.9 Å². The molecule has 9 nitrogen and oxygen atoms in total. The first kappa shape index (κ1) is 17.3. The molecule has 0 spiro atoms. The smallest absolute Gasteiger partial charge is 0.374 e. The van der Waals surface area contributed by atoms with Crippen molar-refractivity contribution in [3.05, 3.63) is 54.4 Å². The summed E-state index contributed by atoms with van der Waals surface area (Å²) in [5.41, 5.74) is 0.737. The maximum Gasteiger partial charge on any atom is 0.374 e. The van der Waals surface area contributed by atoms with Gasteiger partial charge < -0.3 is 14.6 Å². The van der Waals surface area contributed by atoms with Crippen LogP contribution in [0.2, 0.25) is 0 Å². The molecule has 3 rings (SSSR count). The molecule has 26 heavy (non-hydrogen) atoms. The van der Waals surface area contributed by atoms with Crippen LogP contribution in [0.5, 0.6) is 0 Å². The van der Waals surface area contributed by atoms with Gasteiger partial charge in [0.05, 0.1) is 12.3 Å². The second-order valence-corrected chi connectivity index (χ2v) is 5.42. The summed E-state index contributed by atoms with van der Waals surface area (Å²) >= 11 is 0. The monoisotopic (exact) mass is 354 g/mol. The number of esters is 1. The van der Waals surface area contributed by atoms with Gasteiger partial charge in [-0.05, 0) is 26.0 Å². The molecule has 0 aromatic carbocycles. The van der Waals surface area contributed by atoms with E-state index in [9.17, 15) is 9.59 Å². The lowest BCUT2D eigenvalue weighted by molar-refractivity contribution is -0.116. The zero-order chi connectivity index (χ0) is 18.5. The molecular weight excluding hydrogens is 336 g/mol. The molecule has 3 aromatic heterocycles. The zero-order valence-electron chi connectivity index (χ0n) is 14.4. The number of amides is 1. The number of pyridine rings is 1. The SMILES string of the molecule is CCOC(=O)c1nccn1CC(=O)Nc1cc(C)nn1-c1ccccn1. The van der Waals surface area contributed by atoms with Gasteiger partial charge in [0.15, 0.2) is 5.82 Å². The third kappa shape index (κ3) is 3.77. The van der Waals surface area contributed by atoms with Gasteiger partial charge in [-0.15, -0.1) is 0 Å². The Morgan fingerprint density at radius 2 is 2.08 bits per heavy atom. The Bertz CT molecular complexity index is 916. The summed E-state index contributed by atoms with van der Waals surface area (Å²) in [5, 5.41) is 7.13. The minimum Gasteiger partial charge on any atom is -0.460 e. The number of ether oxygens (including phenoxy) is 1. The van der Waals surface area contributed by atoms with Crippen LogP contribution in [0.3, 0.4) is 0 Å². The molecule has 0 aliphatic heterocycles. The van der Waals surface area contributed by atoms with E-state index in [1.807, 2.05) is 13.0 Å². The van der Waals surface area contributed by atoms with Crippen LogP contribution in [0, 0.1) is 6.92 Å². The van der Waals surface area contributed by atoms with Crippen molar-refractivity contribution < 1.29 is 14.3 Å². The number of nitrogens with one attached hydrogen (secondary N) is 1. The fourth-order valence-corrected chi connectivity index (χ4v) is 2.40. The van der Waals surface area contributed by atoms with Crippen LogP contribution < -0.4 is 5.32 Å². The van der Waals surface area contributed by atoms with Crippen LogP contribution in [0.1, 0.15) is 23.2 Å². The number of nitrogens with zero attached hydrogens (tertiary/aromatic N) is 5. The molecule has 1 N–H and O–H groups in total. The molecule has 0 atom stereocenters. The third-order valence-corrected chi connectivity index (χ3v) is 3.45. The van der Waals surface area contributed by atoms with E-state index >= 15 is 0 Å². The number of aromatic nitrogens is 5. The highest BCUT2D eigenvalue weighted by molar-refractivity contribution is 5.91. The summed E-state index contributed by atoms with van der Waals surface area (Å²) in [7, 11) is 0. The number of hydrogen-bond donors (Lipinski definition) is 1. The number of carbonyl (C=O) groups is 2. The predicted octanol–water partition coefficient (Wildman–Crippen LogP) is 1.59. The molecule has 0 bridgehead atoms. The van der Waals surface area contributed by atoms with Gasteiger partial charge in [0.25, 0.3) is 0 Å². The normalized spacial score (nSPS) is 10.5. The van der Waals surface area contributed by atoms with Gasteiger partial charge in [-0.3, -0.25) is 4.79 Å². The second kappa shape index (κ2) is 7.60. The van der Waals surface area contributed by atoms with E-state index in [1.165, 1.54) is 10.8 Å². The lowest BCUT2D eigenvalue weighted by atomic mass is 10.4. The summed E-state index contributed by atoms with van der Waals surface area (Å²) in [6, 6.07) is 7.17. The molecule has 9 heteroatoms. The number of rotatable bonds is 6. The van der Waals surface area contributed by atoms with Gasteiger partial charge >= 0.3 is 5.97 Å². The van der Waals surface area contributed by atoms with E-state index in [-0.39, 0.29) is 24.9 Å². The van der Waals surface area contributed by atoms with E-state index in [1.54, 1.807) is 42.2 Å². The highest BCUT2D eigenvalue weighted by Crippen LogP contribution is 2.15. The highest BCUT2D eigenvalue weighted by Gasteiger charge is 2.17. The van der Waals surface area contributed by atoms with Gasteiger partial charge in [0, 0.05) is 24.7 Å². The molecule has 0 saturated carbocycles. The fourth-order valence-electron chi connectivity index (χ4n) is 2.40. The topological polar surface area (TPSA) is 104 Å². The summed E-state index contributed by atoms with van der Waals surface area (Å²) in [6.07, 6.45) is 4.64. The minimum absolute atomic E-state index is 0.0800. The number of imidazole rings is 1. The van der Waals surface area contributed by atoms with Crippen LogP contribution in [0.4, 0.5) is 5.82 Å². The fraction of sp³-hybridized carbons (Fsp3) is 0.235. The quantitative estimate of drug-likeness (QED) is 0.674. The molecule has 0 fully saturated rings. The first-order valence-electron chi connectivity index (χ1n) is 8.04. The lowest BCUT2D eigenvalue weighted by Crippen LogP contribution is -2.23. The van der Waals surface area contributed by atoms with Crippen molar-refractivity contribution in [2.24, 2.45) is 0 Å². The van der Waals surface area contributed by atoms with Gasteiger partial charge in [-0.25, -0.2) is 14.8 Å². The summed E-state index contributed by atoms with van der Waals surface area (Å²) in [6.45, 7) is 3.68. The Labute approximate surface area is 149 Å². The van der Waals surface area contributed by atoms with Crippen molar-refractivity contribution in [3.63, 3.8) is 0 Å². The summed E-state index contributed by atoms with van der Waals surface area (Å²) < 4.78 is 7.91. The van der Waals surface area contributed by atoms with Crippen molar-refractivity contribution in [3.8, 4) is 5.82 Å². The molecule has 0 aliphatic rings. The van der Waals surface area contributed by atoms with Crippen molar-refractivity contribution in [1.82, 2.24) is 24.3 Å². The Morgan fingerprint density at radius 1 is 1.23 bits per heavy atom. The maximum absolute atomic E-state index is 12.4.